The molecule has 1 N–H and O–H groups in total. The fourth-order valence-corrected chi connectivity index (χ4v) is 2.53. The van der Waals surface area contributed by atoms with E-state index in [1.54, 1.807) is 0 Å². The van der Waals surface area contributed by atoms with Gasteiger partial charge in [0.15, 0.2) is 5.96 Å². The van der Waals surface area contributed by atoms with E-state index >= 15 is 0 Å². The molecule has 0 aliphatic heterocycles. The number of para-hydroxylation sites is 1. The van der Waals surface area contributed by atoms with Gasteiger partial charge in [-0.3, -0.25) is 9.89 Å². The molecule has 0 radical (unpaired) electrons. The van der Waals surface area contributed by atoms with Crippen LogP contribution in [0.15, 0.2) is 35.3 Å². The number of nitrogens with one attached hydrogen (secondary N) is 1. The molecule has 0 saturated heterocycles. The van der Waals surface area contributed by atoms with Gasteiger partial charge in [0.1, 0.15) is 12.4 Å². The molecule has 23 heavy (non-hydrogen) atoms. The number of aliphatic imine (C=N–C) groups is 1. The molecule has 1 aromatic rings. The standard InChI is InChI=1S/C18H30N4O/c1-15(22(4)16-10-11-16)14-20-18(19-2)21(3)12-13-23-17-8-6-5-7-9-17/h5-9,15-16H,10-14H2,1-4H3,(H,19,20). The Kier molecular flexibility index (Phi) is 6.71. The van der Waals surface area contributed by atoms with Crippen LogP contribution in [0.5, 0.6) is 5.75 Å². The first-order chi connectivity index (χ1) is 11.1. The molecule has 0 spiro atoms. The Morgan fingerprint density at radius 2 is 2.00 bits per heavy atom. The first kappa shape index (κ1) is 17.6. The molecule has 1 aromatic carbocycles. The first-order valence-corrected chi connectivity index (χ1v) is 8.43. The van der Waals surface area contributed by atoms with E-state index in [4.69, 9.17) is 4.74 Å². The first-order valence-electron chi connectivity index (χ1n) is 8.43. The predicted molar refractivity (Wildman–Crippen MR) is 96.2 cm³/mol. The number of nitrogens with zero attached hydrogens (tertiary/aromatic N) is 3. The molecule has 0 aromatic heterocycles. The summed E-state index contributed by atoms with van der Waals surface area (Å²) in [5.41, 5.74) is 0. The average molecular weight is 318 g/mol. The highest BCUT2D eigenvalue weighted by Gasteiger charge is 2.29. The summed E-state index contributed by atoms with van der Waals surface area (Å²) in [6, 6.07) is 11.2. The van der Waals surface area contributed by atoms with Gasteiger partial charge < -0.3 is 15.0 Å². The van der Waals surface area contributed by atoms with Crippen molar-refractivity contribution in [3.63, 3.8) is 0 Å². The van der Waals surface area contributed by atoms with E-state index in [2.05, 4.69) is 34.1 Å². The summed E-state index contributed by atoms with van der Waals surface area (Å²) in [4.78, 5) is 8.92. The van der Waals surface area contributed by atoms with Crippen molar-refractivity contribution in [3.8, 4) is 5.75 Å². The summed E-state index contributed by atoms with van der Waals surface area (Å²) in [6.07, 6.45) is 2.68. The van der Waals surface area contributed by atoms with Crippen molar-refractivity contribution in [1.29, 1.82) is 0 Å². The molecule has 1 saturated carbocycles. The van der Waals surface area contributed by atoms with Crippen LogP contribution in [0.25, 0.3) is 0 Å². The maximum atomic E-state index is 5.74. The third kappa shape index (κ3) is 5.75. The topological polar surface area (TPSA) is 40.1 Å². The van der Waals surface area contributed by atoms with E-state index in [9.17, 15) is 0 Å². The van der Waals surface area contributed by atoms with Gasteiger partial charge in [0.25, 0.3) is 0 Å². The molecule has 0 amide bonds. The summed E-state index contributed by atoms with van der Waals surface area (Å²) < 4.78 is 5.74. The molecule has 1 aliphatic carbocycles. The molecule has 1 atom stereocenters. The lowest BCUT2D eigenvalue weighted by atomic mass is 10.3. The van der Waals surface area contributed by atoms with E-state index in [1.807, 2.05) is 44.4 Å². The number of guanidine groups is 1. The van der Waals surface area contributed by atoms with E-state index in [0.717, 1.165) is 30.8 Å². The van der Waals surface area contributed by atoms with Gasteiger partial charge in [0, 0.05) is 32.7 Å². The quantitative estimate of drug-likeness (QED) is 0.588. The lowest BCUT2D eigenvalue weighted by molar-refractivity contribution is 0.244. The smallest absolute Gasteiger partial charge is 0.193 e. The molecule has 0 heterocycles. The second-order valence-electron chi connectivity index (χ2n) is 6.26. The fourth-order valence-electron chi connectivity index (χ4n) is 2.53. The molecule has 1 aliphatic rings. The van der Waals surface area contributed by atoms with Crippen LogP contribution in [0.4, 0.5) is 0 Å². The van der Waals surface area contributed by atoms with Crippen molar-refractivity contribution in [1.82, 2.24) is 15.1 Å². The van der Waals surface area contributed by atoms with Crippen LogP contribution in [0.1, 0.15) is 19.8 Å². The average Bonchev–Trinajstić information content (AvgIpc) is 3.40. The van der Waals surface area contributed by atoms with E-state index in [0.29, 0.717) is 12.6 Å². The molecular weight excluding hydrogens is 288 g/mol. The summed E-state index contributed by atoms with van der Waals surface area (Å²) in [7, 11) is 6.08. The van der Waals surface area contributed by atoms with Crippen LogP contribution < -0.4 is 10.1 Å². The van der Waals surface area contributed by atoms with Gasteiger partial charge in [-0.15, -0.1) is 0 Å². The molecule has 2 rings (SSSR count). The molecule has 1 fully saturated rings. The van der Waals surface area contributed by atoms with Crippen LogP contribution in [0.2, 0.25) is 0 Å². The minimum atomic E-state index is 0.508. The molecule has 5 nitrogen and oxygen atoms in total. The molecule has 128 valence electrons. The van der Waals surface area contributed by atoms with Gasteiger partial charge in [0.2, 0.25) is 0 Å². The lowest BCUT2D eigenvalue weighted by Crippen LogP contribution is -2.46. The van der Waals surface area contributed by atoms with Gasteiger partial charge in [-0.25, -0.2) is 0 Å². The van der Waals surface area contributed by atoms with Crippen LogP contribution in [-0.4, -0.2) is 68.7 Å². The Morgan fingerprint density at radius 1 is 1.30 bits per heavy atom. The second kappa shape index (κ2) is 8.77. The minimum absolute atomic E-state index is 0.508. The number of hydrogen-bond donors (Lipinski definition) is 1. The van der Waals surface area contributed by atoms with E-state index in [-0.39, 0.29) is 0 Å². The molecule has 1 unspecified atom stereocenters. The van der Waals surface area contributed by atoms with Gasteiger partial charge in [-0.05, 0) is 38.9 Å². The maximum absolute atomic E-state index is 5.74. The summed E-state index contributed by atoms with van der Waals surface area (Å²) in [5, 5.41) is 3.46. The fraction of sp³-hybridized carbons (Fsp3) is 0.611. The number of ether oxygens (including phenoxy) is 1. The van der Waals surface area contributed by atoms with Crippen LogP contribution >= 0.6 is 0 Å². The minimum Gasteiger partial charge on any atom is -0.492 e. The summed E-state index contributed by atoms with van der Waals surface area (Å²) in [5.74, 6) is 1.82. The Morgan fingerprint density at radius 3 is 2.61 bits per heavy atom. The van der Waals surface area contributed by atoms with E-state index < -0.39 is 0 Å². The molecular formula is C18H30N4O. The van der Waals surface area contributed by atoms with Crippen molar-refractivity contribution >= 4 is 5.96 Å². The van der Waals surface area contributed by atoms with Crippen LogP contribution in [-0.2, 0) is 0 Å². The molecule has 0 bridgehead atoms. The Hall–Kier alpha value is -1.75. The van der Waals surface area contributed by atoms with Crippen molar-refractivity contribution in [2.24, 2.45) is 4.99 Å². The van der Waals surface area contributed by atoms with Crippen molar-refractivity contribution in [3.05, 3.63) is 30.3 Å². The monoisotopic (exact) mass is 318 g/mol. The Bertz CT molecular complexity index is 487. The van der Waals surface area contributed by atoms with Crippen molar-refractivity contribution in [2.75, 3.05) is 40.8 Å². The lowest BCUT2D eigenvalue weighted by Gasteiger charge is -2.28. The largest absolute Gasteiger partial charge is 0.492 e. The molecule has 5 heteroatoms. The maximum Gasteiger partial charge on any atom is 0.193 e. The van der Waals surface area contributed by atoms with E-state index in [1.165, 1.54) is 12.8 Å². The van der Waals surface area contributed by atoms with Crippen molar-refractivity contribution in [2.45, 2.75) is 31.8 Å². The zero-order valence-electron chi connectivity index (χ0n) is 14.8. The van der Waals surface area contributed by atoms with Gasteiger partial charge >= 0.3 is 0 Å². The zero-order chi connectivity index (χ0) is 16.7. The second-order valence-corrected chi connectivity index (χ2v) is 6.26. The number of likely N-dealkylation sites (N-methyl/N-ethyl adjacent to an activating group) is 2. The summed E-state index contributed by atoms with van der Waals surface area (Å²) in [6.45, 7) is 4.60. The zero-order valence-corrected chi connectivity index (χ0v) is 14.8. The van der Waals surface area contributed by atoms with Crippen LogP contribution in [0.3, 0.4) is 0 Å². The highest BCUT2D eigenvalue weighted by atomic mass is 16.5. The number of rotatable bonds is 8. The number of hydrogen-bond acceptors (Lipinski definition) is 3. The third-order valence-electron chi connectivity index (χ3n) is 4.39. The van der Waals surface area contributed by atoms with Crippen molar-refractivity contribution < 1.29 is 4.74 Å². The predicted octanol–water partition coefficient (Wildman–Crippen LogP) is 2.06. The normalized spacial score (nSPS) is 16.3. The third-order valence-corrected chi connectivity index (χ3v) is 4.39. The Labute approximate surface area is 140 Å². The van der Waals surface area contributed by atoms with Gasteiger partial charge in [0.05, 0.1) is 6.54 Å². The highest BCUT2D eigenvalue weighted by Crippen LogP contribution is 2.26. The van der Waals surface area contributed by atoms with Gasteiger partial charge in [-0.1, -0.05) is 18.2 Å². The number of benzene rings is 1. The summed E-state index contributed by atoms with van der Waals surface area (Å²) >= 11 is 0. The van der Waals surface area contributed by atoms with Crippen LogP contribution in [0, 0.1) is 0 Å². The van der Waals surface area contributed by atoms with Gasteiger partial charge in [-0.2, -0.15) is 0 Å². The SMILES string of the molecule is CN=C(NCC(C)N(C)C1CC1)N(C)CCOc1ccccc1. The highest BCUT2D eigenvalue weighted by molar-refractivity contribution is 5.79. The Balaban J connectivity index is 1.69.